The molecule has 0 aromatic heterocycles. The number of carbonyl (C=O) groups excluding carboxylic acids is 3. The lowest BCUT2D eigenvalue weighted by Crippen LogP contribution is -2.43. The Morgan fingerprint density at radius 3 is 2.06 bits per heavy atom. The van der Waals surface area contributed by atoms with Crippen LogP contribution in [-0.2, 0) is 14.4 Å². The molecule has 0 radical (unpaired) electrons. The Morgan fingerprint density at radius 2 is 1.42 bits per heavy atom. The molecule has 2 saturated carbocycles. The average Bonchev–Trinajstić information content (AvgIpc) is 3.17. The van der Waals surface area contributed by atoms with E-state index in [9.17, 15) is 14.4 Å². The molecule has 0 saturated heterocycles. The molecule has 0 aromatic rings. The first-order chi connectivity index (χ1) is 15.0. The molecule has 2 aliphatic carbocycles. The molecule has 0 spiro atoms. The van der Waals surface area contributed by atoms with Crippen LogP contribution in [0.15, 0.2) is 0 Å². The van der Waals surface area contributed by atoms with Crippen LogP contribution in [0.3, 0.4) is 0 Å². The fourth-order valence-electron chi connectivity index (χ4n) is 4.88. The molecule has 2 atom stereocenters. The lowest BCUT2D eigenvalue weighted by atomic mass is 9.90. The first-order valence-corrected chi connectivity index (χ1v) is 14.8. The van der Waals surface area contributed by atoms with Gasteiger partial charge in [-0.05, 0) is 38.0 Å². The van der Waals surface area contributed by atoms with Gasteiger partial charge in [-0.2, -0.15) is 0 Å². The highest BCUT2D eigenvalue weighted by Gasteiger charge is 2.30. The van der Waals surface area contributed by atoms with Crippen LogP contribution in [0.5, 0.6) is 0 Å². The van der Waals surface area contributed by atoms with Crippen LogP contribution in [0.1, 0.15) is 84.0 Å². The van der Waals surface area contributed by atoms with Crippen molar-refractivity contribution >= 4 is 39.1 Å². The Balaban J connectivity index is 1.97. The minimum atomic E-state index is -0.155. The van der Waals surface area contributed by atoms with Crippen molar-refractivity contribution < 1.29 is 14.4 Å². The summed E-state index contributed by atoms with van der Waals surface area (Å²) >= 11 is 0. The maximum Gasteiger partial charge on any atom is 0.224 e. The lowest BCUT2D eigenvalue weighted by Gasteiger charge is -2.26. The number of Topliss-reactive ketones (excluding diaryl/α,β-unsaturated/α-hetero) is 2. The van der Waals surface area contributed by atoms with E-state index >= 15 is 0 Å². The van der Waals surface area contributed by atoms with E-state index in [1.54, 1.807) is 0 Å². The van der Waals surface area contributed by atoms with E-state index in [1.165, 1.54) is 30.6 Å². The fourth-order valence-corrected chi connectivity index (χ4v) is 7.01. The van der Waals surface area contributed by atoms with Gasteiger partial charge < -0.3 is 10.6 Å². The van der Waals surface area contributed by atoms with Gasteiger partial charge in [-0.15, -0.1) is 0 Å². The van der Waals surface area contributed by atoms with Gasteiger partial charge in [0.15, 0.2) is 11.6 Å². The maximum atomic E-state index is 13.2. The van der Waals surface area contributed by atoms with Crippen LogP contribution < -0.4 is 5.73 Å². The number of nitrogens with two attached hydrogens (primary N) is 1. The van der Waals surface area contributed by atoms with E-state index in [0.29, 0.717) is 5.92 Å². The molecule has 2 rings (SSSR count). The third-order valence-corrected chi connectivity index (χ3v) is 9.33. The summed E-state index contributed by atoms with van der Waals surface area (Å²) in [4.78, 5) is 40.4. The third kappa shape index (κ3) is 9.87. The van der Waals surface area contributed by atoms with E-state index < -0.39 is 0 Å². The Labute approximate surface area is 196 Å². The number of nitrogens with zero attached hydrogens (tertiary/aromatic N) is 1. The number of hydrogen-bond donors (Lipinski definition) is 1. The van der Waals surface area contributed by atoms with Gasteiger partial charge in [0.25, 0.3) is 0 Å². The van der Waals surface area contributed by atoms with Crippen molar-refractivity contribution in [3.63, 3.8) is 0 Å². The van der Waals surface area contributed by atoms with Gasteiger partial charge in [0.1, 0.15) is 0 Å². The van der Waals surface area contributed by atoms with Crippen molar-refractivity contribution in [2.75, 3.05) is 31.1 Å². The number of amides is 1. The molecule has 1 amide bonds. The molecular weight excluding hydrogens is 428 g/mol. The molecule has 0 aliphatic heterocycles. The summed E-state index contributed by atoms with van der Waals surface area (Å²) in [6.07, 6.45) is 11.9. The van der Waals surface area contributed by atoms with Crippen LogP contribution in [0.4, 0.5) is 0 Å². The summed E-state index contributed by atoms with van der Waals surface area (Å²) in [6, 6.07) is 0. The predicted molar refractivity (Wildman–Crippen MR) is 132 cm³/mol. The van der Waals surface area contributed by atoms with Crippen LogP contribution >= 0.6 is 21.6 Å². The minimum absolute atomic E-state index is 0.0147. The molecule has 0 heterocycles. The Hall–Kier alpha value is -0.530. The van der Waals surface area contributed by atoms with Gasteiger partial charge in [0.05, 0.1) is 13.1 Å². The molecular formula is C24H42N2O3S2. The number of carbonyl (C=O) groups is 3. The number of ketones is 2. The van der Waals surface area contributed by atoms with Crippen molar-refractivity contribution in [3.05, 3.63) is 0 Å². The van der Waals surface area contributed by atoms with E-state index in [1.807, 2.05) is 21.6 Å². The highest BCUT2D eigenvalue weighted by Crippen LogP contribution is 2.34. The molecule has 0 bridgehead atoms. The fraction of sp³-hybridized carbons (Fsp3) is 0.875. The van der Waals surface area contributed by atoms with Gasteiger partial charge in [0, 0.05) is 36.3 Å². The quantitative estimate of drug-likeness (QED) is 0.249. The van der Waals surface area contributed by atoms with Crippen molar-refractivity contribution in [3.8, 4) is 0 Å². The lowest BCUT2D eigenvalue weighted by molar-refractivity contribution is -0.140. The number of hydrogen-bond acceptors (Lipinski definition) is 6. The zero-order chi connectivity index (χ0) is 22.5. The molecule has 178 valence electrons. The van der Waals surface area contributed by atoms with E-state index in [4.69, 9.17) is 5.73 Å². The summed E-state index contributed by atoms with van der Waals surface area (Å²) in [6.45, 7) is 2.57. The van der Waals surface area contributed by atoms with Crippen LogP contribution in [0.25, 0.3) is 0 Å². The van der Waals surface area contributed by atoms with Crippen LogP contribution in [-0.4, -0.2) is 53.5 Å². The summed E-state index contributed by atoms with van der Waals surface area (Å²) in [5.41, 5.74) is 5.61. The van der Waals surface area contributed by atoms with Crippen molar-refractivity contribution in [1.82, 2.24) is 4.90 Å². The smallest absolute Gasteiger partial charge is 0.224 e. The second-order valence-electron chi connectivity index (χ2n) is 9.18. The molecule has 2 aliphatic rings. The molecule has 2 fully saturated rings. The van der Waals surface area contributed by atoms with Crippen molar-refractivity contribution in [2.24, 2.45) is 23.5 Å². The van der Waals surface area contributed by atoms with Gasteiger partial charge >= 0.3 is 0 Å². The number of rotatable bonds is 12. The normalized spacial score (nSPS) is 23.0. The van der Waals surface area contributed by atoms with Crippen molar-refractivity contribution in [2.45, 2.75) is 84.0 Å². The average molecular weight is 471 g/mol. The van der Waals surface area contributed by atoms with Gasteiger partial charge in [-0.1, -0.05) is 67.0 Å². The molecule has 2 N–H and O–H groups in total. The monoisotopic (exact) mass is 470 g/mol. The van der Waals surface area contributed by atoms with Gasteiger partial charge in [-0.25, -0.2) is 0 Å². The summed E-state index contributed by atoms with van der Waals surface area (Å²) in [5, 5.41) is 0. The summed E-state index contributed by atoms with van der Waals surface area (Å²) in [5.74, 6) is 2.94. The molecule has 2 unspecified atom stereocenters. The van der Waals surface area contributed by atoms with Crippen molar-refractivity contribution in [1.29, 1.82) is 0 Å². The van der Waals surface area contributed by atoms with E-state index in [0.717, 1.165) is 56.5 Å². The molecule has 5 nitrogen and oxygen atoms in total. The SMILES string of the molecule is CCSSCC1CCCCC(C(=O)CN(CC(=O)C2CCCCCC2)C(=O)CCN)C1. The van der Waals surface area contributed by atoms with Crippen LogP contribution in [0.2, 0.25) is 0 Å². The first-order valence-electron chi connectivity index (χ1n) is 12.3. The zero-order valence-electron chi connectivity index (χ0n) is 19.3. The van der Waals surface area contributed by atoms with Gasteiger partial charge in [0.2, 0.25) is 5.91 Å². The summed E-state index contributed by atoms with van der Waals surface area (Å²) in [7, 11) is 3.81. The third-order valence-electron chi connectivity index (χ3n) is 6.71. The second kappa shape index (κ2) is 15.3. The Morgan fingerprint density at radius 1 is 0.839 bits per heavy atom. The molecule has 0 aromatic carbocycles. The molecule has 31 heavy (non-hydrogen) atoms. The van der Waals surface area contributed by atoms with Gasteiger partial charge in [-0.3, -0.25) is 14.4 Å². The highest BCUT2D eigenvalue weighted by molar-refractivity contribution is 8.76. The predicted octanol–water partition coefficient (Wildman–Crippen LogP) is 4.87. The van der Waals surface area contributed by atoms with Crippen LogP contribution in [0, 0.1) is 17.8 Å². The topological polar surface area (TPSA) is 80.5 Å². The Bertz CT molecular complexity index is 565. The minimum Gasteiger partial charge on any atom is -0.330 e. The molecule has 7 heteroatoms. The standard InChI is InChI=1S/C24H42N2O3S2/c1-2-30-31-18-19-9-7-8-12-21(15-19)23(28)17-26(24(29)13-14-25)16-22(27)20-10-5-3-4-6-11-20/h19-21H,2-18,25H2,1H3. The summed E-state index contributed by atoms with van der Waals surface area (Å²) < 4.78 is 0. The Kier molecular flexibility index (Phi) is 13.2. The van der Waals surface area contributed by atoms with E-state index in [2.05, 4.69) is 6.92 Å². The largest absolute Gasteiger partial charge is 0.330 e. The van der Waals surface area contributed by atoms with E-state index in [-0.39, 0.29) is 55.4 Å². The first kappa shape index (κ1) is 26.7. The zero-order valence-corrected chi connectivity index (χ0v) is 21.0. The second-order valence-corrected chi connectivity index (χ2v) is 12.0. The highest BCUT2D eigenvalue weighted by atomic mass is 33.1. The maximum absolute atomic E-state index is 13.2.